The highest BCUT2D eigenvalue weighted by Crippen LogP contribution is 2.23. The lowest BCUT2D eigenvalue weighted by molar-refractivity contribution is -0.137. The van der Waals surface area contributed by atoms with Gasteiger partial charge in [0.25, 0.3) is 0 Å². The Morgan fingerprint density at radius 3 is 1.39 bits per heavy atom. The standard InChI is InChI=1S/C80H116N22O16S/c1-6-44(4)67(101-70(108)52(83)34-47-37-88-53-22-12-10-20-50(47)53)79(117)100-61(35-48-38-89-54-23-13-11-21-51(48)54)77(115)102-68(45(5)103)80(118)99-60(33-46-18-8-7-9-19-46)75(113)95-57(25-15-17-31-82)73(111)98-62(36-49-39-87-42-91-49)76(114)97-59(32-43(2)3)71(109)90-40-66(106)92-63(41-119)78(116)96-58(27-29-65(85)105)74(112)94-56(24-14-16-30-81)72(110)93-55(69(86)107)26-28-64(84)104/h7-13,18-23,37-39,42-45,52,55-63,67-68,88-89,103,119H,6,14-17,24-36,40-41,81-83H2,1-5H3,(H2,84,104)(H2,85,105)(H2,86,107)(H,87,91)(H,90,109)(H,92,106)(H,93,110)(H,94,112)(H,95,113)(H,96,116)(H,97,114)(H,98,111)(H,99,118)(H,100,117)(H,101,108)(H,102,115)/t44-,45+,52-,55-,56-,57-,58-,59-,60-,61-,62-,63-,67-,68-/m0/s1. The smallest absolute Gasteiger partial charge is 0.245 e. The maximum atomic E-state index is 15.0. The van der Waals surface area contributed by atoms with E-state index < -0.39 is 193 Å². The van der Waals surface area contributed by atoms with Crippen molar-refractivity contribution in [3.63, 3.8) is 0 Å². The number of amides is 15. The second-order valence-electron chi connectivity index (χ2n) is 29.9. The Bertz CT molecular complexity index is 4410. The Morgan fingerprint density at radius 2 is 0.891 bits per heavy atom. The Morgan fingerprint density at radius 1 is 0.454 bits per heavy atom. The molecule has 0 fully saturated rings. The molecule has 28 N–H and O–H groups in total. The summed E-state index contributed by atoms with van der Waals surface area (Å²) in [4.78, 5) is 221. The number of aliphatic hydroxyl groups excluding tert-OH is 1. The first kappa shape index (κ1) is 96.0. The Kier molecular flexibility index (Phi) is 39.4. The van der Waals surface area contributed by atoms with Gasteiger partial charge in [0, 0.05) is 78.3 Å². The van der Waals surface area contributed by atoms with Gasteiger partial charge in [-0.05, 0) is 125 Å². The summed E-state index contributed by atoms with van der Waals surface area (Å²) in [5.74, 6) is -14.6. The summed E-state index contributed by atoms with van der Waals surface area (Å²) in [7, 11) is 0. The maximum absolute atomic E-state index is 15.0. The largest absolute Gasteiger partial charge is 0.391 e. The number of hydrogen-bond donors (Lipinski definition) is 23. The zero-order chi connectivity index (χ0) is 87.4. The number of rotatable bonds is 53. The Labute approximate surface area is 694 Å². The predicted octanol–water partition coefficient (Wildman–Crippen LogP) is -2.90. The van der Waals surface area contributed by atoms with Crippen molar-refractivity contribution in [1.29, 1.82) is 0 Å². The molecule has 3 aromatic heterocycles. The minimum atomic E-state index is -1.81. The van der Waals surface area contributed by atoms with Gasteiger partial charge in [-0.2, -0.15) is 12.6 Å². The van der Waals surface area contributed by atoms with Crippen molar-refractivity contribution in [3.8, 4) is 0 Å². The van der Waals surface area contributed by atoms with Gasteiger partial charge < -0.3 is 118 Å². The average Bonchev–Trinajstić information content (AvgIpc) is 1.80. The van der Waals surface area contributed by atoms with Crippen molar-refractivity contribution in [2.75, 3.05) is 25.4 Å². The van der Waals surface area contributed by atoms with Crippen LogP contribution in [0.1, 0.15) is 134 Å². The predicted molar refractivity (Wildman–Crippen MR) is 445 cm³/mol. The number of benzene rings is 3. The van der Waals surface area contributed by atoms with Crippen LogP contribution >= 0.6 is 12.6 Å². The fourth-order valence-corrected chi connectivity index (χ4v) is 13.4. The van der Waals surface area contributed by atoms with E-state index in [0.29, 0.717) is 47.7 Å². The summed E-state index contributed by atoms with van der Waals surface area (Å²) in [6.45, 7) is 7.90. The van der Waals surface area contributed by atoms with Crippen molar-refractivity contribution in [2.45, 2.75) is 216 Å². The lowest BCUT2D eigenvalue weighted by Crippen LogP contribution is -2.62. The monoisotopic (exact) mass is 1670 g/mol. The van der Waals surface area contributed by atoms with Gasteiger partial charge in [-0.1, -0.05) is 101 Å². The molecule has 119 heavy (non-hydrogen) atoms. The number of nitrogens with zero attached hydrogens (tertiary/aromatic N) is 1. The molecule has 0 bridgehead atoms. The van der Waals surface area contributed by atoms with E-state index in [2.05, 4.69) is 96.4 Å². The van der Waals surface area contributed by atoms with Crippen LogP contribution in [0.3, 0.4) is 0 Å². The normalized spacial score (nSPS) is 14.8. The third kappa shape index (κ3) is 31.2. The van der Waals surface area contributed by atoms with Crippen LogP contribution in [0.25, 0.3) is 21.8 Å². The molecule has 0 aliphatic heterocycles. The molecule has 38 nitrogen and oxygen atoms in total. The highest BCUT2D eigenvalue weighted by molar-refractivity contribution is 7.80. The number of nitrogens with one attached hydrogen (secondary N) is 15. The van der Waals surface area contributed by atoms with Crippen LogP contribution in [0.2, 0.25) is 0 Å². The van der Waals surface area contributed by atoms with Gasteiger partial charge in [0.05, 0.1) is 30.7 Å². The number of aromatic nitrogens is 4. The zero-order valence-corrected chi connectivity index (χ0v) is 68.4. The number of carbonyl (C=O) groups excluding carboxylic acids is 15. The van der Waals surface area contributed by atoms with E-state index in [9.17, 15) is 72.2 Å². The molecule has 39 heteroatoms. The summed E-state index contributed by atoms with van der Waals surface area (Å²) >= 11 is 4.22. The fraction of sp³-hybridized carbons (Fsp3) is 0.500. The van der Waals surface area contributed by atoms with E-state index in [0.717, 1.165) is 16.5 Å². The van der Waals surface area contributed by atoms with E-state index in [4.69, 9.17) is 34.4 Å². The summed E-state index contributed by atoms with van der Waals surface area (Å²) in [6.07, 6.45) is 4.22. The van der Waals surface area contributed by atoms with Crippen molar-refractivity contribution in [3.05, 3.63) is 126 Å². The first-order chi connectivity index (χ1) is 56.7. The summed E-state index contributed by atoms with van der Waals surface area (Å²) in [5, 5.41) is 44.3. The third-order valence-electron chi connectivity index (χ3n) is 20.0. The van der Waals surface area contributed by atoms with Crippen LogP contribution < -0.4 is 98.2 Å². The second kappa shape index (κ2) is 48.8. The molecule has 0 aliphatic rings. The second-order valence-corrected chi connectivity index (χ2v) is 30.3. The van der Waals surface area contributed by atoms with E-state index in [1.54, 1.807) is 69.6 Å². The number of H-pyrrole nitrogens is 3. The fourth-order valence-electron chi connectivity index (χ4n) is 13.1. The highest BCUT2D eigenvalue weighted by Gasteiger charge is 2.39. The molecule has 14 atom stereocenters. The van der Waals surface area contributed by atoms with E-state index in [1.165, 1.54) is 19.4 Å². The molecule has 0 unspecified atom stereocenters. The van der Waals surface area contributed by atoms with Crippen molar-refractivity contribution in [1.82, 2.24) is 83.7 Å². The quantitative estimate of drug-likeness (QED) is 0.0134. The molecule has 0 aliphatic carbocycles. The van der Waals surface area contributed by atoms with Crippen LogP contribution in [-0.2, 0) is 97.6 Å². The topological polar surface area (TPSA) is 637 Å². The van der Waals surface area contributed by atoms with Crippen LogP contribution in [-0.4, -0.2) is 218 Å². The molecule has 3 heterocycles. The minimum Gasteiger partial charge on any atom is -0.391 e. The zero-order valence-electron chi connectivity index (χ0n) is 67.5. The summed E-state index contributed by atoms with van der Waals surface area (Å²) in [5.41, 5.74) is 37.9. The number of primary amides is 3. The number of aliphatic hydroxyl groups is 1. The van der Waals surface area contributed by atoms with Gasteiger partial charge in [0.1, 0.15) is 66.5 Å². The number of unbranched alkanes of at least 4 members (excludes halogenated alkanes) is 2. The van der Waals surface area contributed by atoms with Crippen LogP contribution in [0.15, 0.2) is 104 Å². The van der Waals surface area contributed by atoms with E-state index in [-0.39, 0.29) is 94.7 Å². The number of nitrogens with two attached hydrogens (primary N) is 6. The van der Waals surface area contributed by atoms with Gasteiger partial charge in [0.15, 0.2) is 0 Å². The number of para-hydroxylation sites is 2. The van der Waals surface area contributed by atoms with Gasteiger partial charge in [0.2, 0.25) is 88.6 Å². The van der Waals surface area contributed by atoms with Gasteiger partial charge in [-0.25, -0.2) is 4.98 Å². The molecule has 0 spiro atoms. The van der Waals surface area contributed by atoms with E-state index in [1.807, 2.05) is 49.4 Å². The first-order valence-corrected chi connectivity index (χ1v) is 40.4. The van der Waals surface area contributed by atoms with Crippen LogP contribution in [0.5, 0.6) is 0 Å². The number of hydrogen-bond acceptors (Lipinski definition) is 21. The van der Waals surface area contributed by atoms with Gasteiger partial charge in [-0.3, -0.25) is 71.9 Å². The number of carbonyl (C=O) groups is 15. The minimum absolute atomic E-state index is 0.0255. The molecule has 648 valence electrons. The number of fused-ring (bicyclic) bond motifs is 2. The molecule has 0 saturated carbocycles. The SMILES string of the molecule is CC[C@H](C)[C@H](NC(=O)[C@@H](N)Cc1c[nH]c2ccccc12)C(=O)N[C@@H](Cc1c[nH]c2ccccc12)C(=O)N[C@H](C(=O)N[C@@H](Cc1ccccc1)C(=O)N[C@@H](CCCCN)C(=O)N[C@@H](Cc1c[nH]cn1)C(=O)N[C@@H](CC(C)C)C(=O)NCC(=O)N[C@@H](CS)C(=O)N[C@@H](CCC(N)=O)C(=O)N[C@@H](CCCCN)C(=O)N[C@@H](CCC(N)=O)C(N)=O)[C@@H](C)O. The van der Waals surface area contributed by atoms with Crippen molar-refractivity contribution in [2.24, 2.45) is 46.2 Å². The lowest BCUT2D eigenvalue weighted by atomic mass is 9.96. The number of aromatic amines is 3. The molecule has 15 amide bonds. The number of thiol groups is 1. The van der Waals surface area contributed by atoms with Crippen molar-refractivity contribution >= 4 is 123 Å². The molecule has 3 aromatic carbocycles. The van der Waals surface area contributed by atoms with Crippen molar-refractivity contribution < 1.29 is 77.0 Å². The molecule has 0 radical (unpaired) electrons. The van der Waals surface area contributed by atoms with E-state index >= 15 is 4.79 Å². The van der Waals surface area contributed by atoms with Crippen LogP contribution in [0, 0.1) is 11.8 Å². The Balaban J connectivity index is 1.18. The van der Waals surface area contributed by atoms with Crippen LogP contribution in [0.4, 0.5) is 0 Å². The number of imidazole rings is 1. The van der Waals surface area contributed by atoms with Gasteiger partial charge in [-0.15, -0.1) is 0 Å². The average molecular weight is 1670 g/mol. The van der Waals surface area contributed by atoms with Gasteiger partial charge >= 0.3 is 0 Å². The highest BCUT2D eigenvalue weighted by atomic mass is 32.1. The molecule has 0 saturated heterocycles. The third-order valence-corrected chi connectivity index (χ3v) is 20.3. The molecule has 6 rings (SSSR count). The Hall–Kier alpha value is -11.8. The maximum Gasteiger partial charge on any atom is 0.245 e. The summed E-state index contributed by atoms with van der Waals surface area (Å²) in [6, 6.07) is 5.92. The first-order valence-electron chi connectivity index (χ1n) is 39.8. The summed E-state index contributed by atoms with van der Waals surface area (Å²) < 4.78 is 0. The molecule has 6 aromatic rings. The molecular formula is C80H116N22O16S. The molecular weight excluding hydrogens is 1560 g/mol. The lowest BCUT2D eigenvalue weighted by Gasteiger charge is -2.30.